The highest BCUT2D eigenvalue weighted by Gasteiger charge is 2.50. The molecule has 0 fully saturated rings. The van der Waals surface area contributed by atoms with Gasteiger partial charge in [0.05, 0.1) is 22.9 Å². The van der Waals surface area contributed by atoms with E-state index in [9.17, 15) is 5.26 Å². The number of nitrogens with zero attached hydrogens (tertiary/aromatic N) is 3. The quantitative estimate of drug-likeness (QED) is 0.819. The smallest absolute Gasteiger partial charge is 0.118 e. The normalized spacial score (nSPS) is 22.5. The molecular formula is C21H18N4S. The number of para-hydroxylation sites is 1. The van der Waals surface area contributed by atoms with Crippen molar-refractivity contribution in [2.45, 2.75) is 19.3 Å². The van der Waals surface area contributed by atoms with Crippen molar-refractivity contribution in [1.29, 1.82) is 5.26 Å². The van der Waals surface area contributed by atoms with Gasteiger partial charge in [-0.1, -0.05) is 60.7 Å². The van der Waals surface area contributed by atoms with Crippen LogP contribution in [0, 0.1) is 16.7 Å². The third kappa shape index (κ3) is 2.51. The summed E-state index contributed by atoms with van der Waals surface area (Å²) in [4.78, 5) is 0.739. The Kier molecular flexibility index (Phi) is 4.06. The number of allylic oxidation sites excluding steroid dienone is 2. The van der Waals surface area contributed by atoms with E-state index in [4.69, 9.17) is 23.1 Å². The van der Waals surface area contributed by atoms with E-state index in [-0.39, 0.29) is 0 Å². The second-order valence-corrected chi connectivity index (χ2v) is 7.03. The number of rotatable bonds is 2. The van der Waals surface area contributed by atoms with Gasteiger partial charge >= 0.3 is 0 Å². The van der Waals surface area contributed by atoms with Gasteiger partial charge in [-0.3, -0.25) is 0 Å². The zero-order valence-electron chi connectivity index (χ0n) is 14.2. The number of benzene rings is 2. The SMILES string of the molecule is N#CC1=C(N)CCC2(C1)C(=S)N(c1ccccc1)N=C2c1ccccc1. The van der Waals surface area contributed by atoms with Crippen molar-refractivity contribution in [2.75, 3.05) is 5.01 Å². The Bertz CT molecular complexity index is 957. The Labute approximate surface area is 158 Å². The number of anilines is 1. The van der Waals surface area contributed by atoms with Crippen molar-refractivity contribution in [2.24, 2.45) is 16.3 Å². The molecule has 0 bridgehead atoms. The number of hydrogen-bond acceptors (Lipinski definition) is 4. The Morgan fingerprint density at radius 1 is 1.08 bits per heavy atom. The lowest BCUT2D eigenvalue weighted by atomic mass is 9.68. The summed E-state index contributed by atoms with van der Waals surface area (Å²) < 4.78 is 0. The lowest BCUT2D eigenvalue weighted by molar-refractivity contribution is 0.501. The van der Waals surface area contributed by atoms with Crippen LogP contribution in [0.3, 0.4) is 0 Å². The van der Waals surface area contributed by atoms with E-state index < -0.39 is 5.41 Å². The molecule has 1 heterocycles. The fourth-order valence-electron chi connectivity index (χ4n) is 3.72. The van der Waals surface area contributed by atoms with Gasteiger partial charge in [0.15, 0.2) is 0 Å². The van der Waals surface area contributed by atoms with Crippen LogP contribution >= 0.6 is 12.2 Å². The molecule has 0 aromatic heterocycles. The number of nitrogens with two attached hydrogens (primary N) is 1. The molecule has 2 aromatic rings. The first-order valence-electron chi connectivity index (χ1n) is 8.57. The molecule has 1 aliphatic heterocycles. The zero-order valence-corrected chi connectivity index (χ0v) is 15.0. The third-order valence-electron chi connectivity index (χ3n) is 5.13. The molecule has 26 heavy (non-hydrogen) atoms. The fraction of sp³-hybridized carbons (Fsp3) is 0.190. The molecule has 1 unspecified atom stereocenters. The average molecular weight is 358 g/mol. The standard InChI is InChI=1S/C21H18N4S/c22-14-16-13-21(12-11-18(16)23)19(15-7-3-1-4-8-15)24-25(20(21)26)17-9-5-2-6-10-17/h1-10H,11-13,23H2. The molecule has 128 valence electrons. The molecule has 1 spiro atoms. The molecule has 1 atom stereocenters. The highest BCUT2D eigenvalue weighted by Crippen LogP contribution is 2.47. The Morgan fingerprint density at radius 2 is 1.73 bits per heavy atom. The lowest BCUT2D eigenvalue weighted by Crippen LogP contribution is -2.41. The summed E-state index contributed by atoms with van der Waals surface area (Å²) in [6, 6.07) is 22.3. The molecule has 2 aromatic carbocycles. The van der Waals surface area contributed by atoms with Crippen LogP contribution in [0.1, 0.15) is 24.8 Å². The summed E-state index contributed by atoms with van der Waals surface area (Å²) in [6.07, 6.45) is 1.92. The van der Waals surface area contributed by atoms with Crippen LogP contribution in [0.4, 0.5) is 5.69 Å². The molecular weight excluding hydrogens is 340 g/mol. The van der Waals surface area contributed by atoms with Crippen LogP contribution in [0.2, 0.25) is 0 Å². The number of thiocarbonyl (C=S) groups is 1. The van der Waals surface area contributed by atoms with Gasteiger partial charge < -0.3 is 5.73 Å². The molecule has 0 amide bonds. The molecule has 0 radical (unpaired) electrons. The van der Waals surface area contributed by atoms with E-state index in [1.54, 1.807) is 0 Å². The number of nitriles is 1. The molecule has 4 rings (SSSR count). The second kappa shape index (κ2) is 6.40. The van der Waals surface area contributed by atoms with Gasteiger partial charge in [0.2, 0.25) is 0 Å². The van der Waals surface area contributed by atoms with Crippen molar-refractivity contribution in [3.63, 3.8) is 0 Å². The van der Waals surface area contributed by atoms with E-state index in [2.05, 4.69) is 6.07 Å². The Balaban J connectivity index is 1.86. The third-order valence-corrected chi connectivity index (χ3v) is 5.69. The van der Waals surface area contributed by atoms with Crippen molar-refractivity contribution >= 4 is 28.6 Å². The molecule has 5 heteroatoms. The molecule has 2 aliphatic rings. The van der Waals surface area contributed by atoms with Crippen LogP contribution in [-0.2, 0) is 0 Å². The molecule has 0 saturated carbocycles. The topological polar surface area (TPSA) is 65.4 Å². The van der Waals surface area contributed by atoms with Gasteiger partial charge in [-0.05, 0) is 30.5 Å². The van der Waals surface area contributed by atoms with E-state index in [1.165, 1.54) is 0 Å². The Hall–Kier alpha value is -2.97. The van der Waals surface area contributed by atoms with E-state index in [0.717, 1.165) is 28.4 Å². The van der Waals surface area contributed by atoms with Crippen LogP contribution in [0.25, 0.3) is 0 Å². The minimum absolute atomic E-state index is 0.472. The van der Waals surface area contributed by atoms with E-state index in [1.807, 2.05) is 65.7 Å². The maximum atomic E-state index is 9.55. The van der Waals surface area contributed by atoms with Gasteiger partial charge in [0.1, 0.15) is 4.99 Å². The molecule has 1 aliphatic carbocycles. The van der Waals surface area contributed by atoms with Crippen LogP contribution in [-0.4, -0.2) is 10.7 Å². The summed E-state index contributed by atoms with van der Waals surface area (Å²) in [5.74, 6) is 0. The van der Waals surface area contributed by atoms with Crippen molar-refractivity contribution in [3.05, 3.63) is 77.5 Å². The fourth-order valence-corrected chi connectivity index (χ4v) is 4.14. The van der Waals surface area contributed by atoms with Crippen molar-refractivity contribution < 1.29 is 0 Å². The van der Waals surface area contributed by atoms with Crippen molar-refractivity contribution in [3.8, 4) is 6.07 Å². The van der Waals surface area contributed by atoms with Crippen LogP contribution < -0.4 is 10.7 Å². The maximum absolute atomic E-state index is 9.55. The second-order valence-electron chi connectivity index (χ2n) is 6.64. The average Bonchev–Trinajstić information content (AvgIpc) is 2.97. The van der Waals surface area contributed by atoms with Crippen LogP contribution in [0.15, 0.2) is 77.0 Å². The molecule has 4 nitrogen and oxygen atoms in total. The van der Waals surface area contributed by atoms with E-state index >= 15 is 0 Å². The highest BCUT2D eigenvalue weighted by atomic mass is 32.1. The summed E-state index contributed by atoms with van der Waals surface area (Å²) in [5, 5.41) is 16.3. The number of hydrogen-bond donors (Lipinski definition) is 1. The summed E-state index contributed by atoms with van der Waals surface area (Å²) in [5.41, 5.74) is 9.79. The lowest BCUT2D eigenvalue weighted by Gasteiger charge is -2.35. The minimum Gasteiger partial charge on any atom is -0.401 e. The predicted molar refractivity (Wildman–Crippen MR) is 108 cm³/mol. The monoisotopic (exact) mass is 358 g/mol. The molecule has 0 saturated heterocycles. The van der Waals surface area contributed by atoms with Gasteiger partial charge in [-0.25, -0.2) is 5.01 Å². The minimum atomic E-state index is -0.472. The van der Waals surface area contributed by atoms with Crippen LogP contribution in [0.5, 0.6) is 0 Å². The summed E-state index contributed by atoms with van der Waals surface area (Å²) in [6.45, 7) is 0. The first-order chi connectivity index (χ1) is 12.7. The van der Waals surface area contributed by atoms with E-state index in [0.29, 0.717) is 24.1 Å². The Morgan fingerprint density at radius 3 is 2.38 bits per heavy atom. The predicted octanol–water partition coefficient (Wildman–Crippen LogP) is 4.14. The first-order valence-corrected chi connectivity index (χ1v) is 8.98. The van der Waals surface area contributed by atoms with Gasteiger partial charge in [-0.15, -0.1) is 0 Å². The van der Waals surface area contributed by atoms with Gasteiger partial charge in [0.25, 0.3) is 0 Å². The highest BCUT2D eigenvalue weighted by molar-refractivity contribution is 7.80. The van der Waals surface area contributed by atoms with Gasteiger partial charge in [0, 0.05) is 17.7 Å². The summed E-state index contributed by atoms with van der Waals surface area (Å²) in [7, 11) is 0. The number of hydrazone groups is 1. The largest absolute Gasteiger partial charge is 0.401 e. The first kappa shape index (κ1) is 16.5. The van der Waals surface area contributed by atoms with Gasteiger partial charge in [-0.2, -0.15) is 10.4 Å². The summed E-state index contributed by atoms with van der Waals surface area (Å²) >= 11 is 5.91. The molecule has 2 N–H and O–H groups in total. The zero-order chi connectivity index (χ0) is 18.1. The van der Waals surface area contributed by atoms with Crippen molar-refractivity contribution in [1.82, 2.24) is 0 Å². The maximum Gasteiger partial charge on any atom is 0.118 e.